The number of aryl methyl sites for hydroxylation is 1. The summed E-state index contributed by atoms with van der Waals surface area (Å²) in [7, 11) is 1.64. The molecule has 0 amide bonds. The lowest BCUT2D eigenvalue weighted by Gasteiger charge is -2.13. The first-order valence-electron chi connectivity index (χ1n) is 4.83. The van der Waals surface area contributed by atoms with Crippen LogP contribution < -0.4 is 4.74 Å². The predicted molar refractivity (Wildman–Crippen MR) is 56.5 cm³/mol. The van der Waals surface area contributed by atoms with Crippen molar-refractivity contribution in [2.45, 2.75) is 32.4 Å². The van der Waals surface area contributed by atoms with Crippen LogP contribution in [0, 0.1) is 0 Å². The van der Waals surface area contributed by atoms with Gasteiger partial charge in [0.15, 0.2) is 0 Å². The topological polar surface area (TPSA) is 9.23 Å². The van der Waals surface area contributed by atoms with Gasteiger partial charge in [0.25, 0.3) is 0 Å². The molecule has 1 aromatic rings. The summed E-state index contributed by atoms with van der Waals surface area (Å²) < 4.78 is 18.2. The van der Waals surface area contributed by atoms with Gasteiger partial charge in [0.1, 0.15) is 11.4 Å². The van der Waals surface area contributed by atoms with Crippen molar-refractivity contribution in [1.29, 1.82) is 0 Å². The minimum absolute atomic E-state index is 0.555. The molecule has 0 aliphatic rings. The van der Waals surface area contributed by atoms with Gasteiger partial charge < -0.3 is 4.74 Å². The number of hydrogen-bond donors (Lipinski definition) is 0. The predicted octanol–water partition coefficient (Wildman–Crippen LogP) is 3.38. The lowest BCUT2D eigenvalue weighted by Crippen LogP contribution is -2.12. The Bertz CT molecular complexity index is 271. The highest BCUT2D eigenvalue weighted by atomic mass is 19.1. The molecule has 0 spiro atoms. The molecule has 0 radical (unpaired) electrons. The van der Waals surface area contributed by atoms with E-state index in [0.29, 0.717) is 6.42 Å². The summed E-state index contributed by atoms with van der Waals surface area (Å²) in [6.07, 6.45) is 1.33. The van der Waals surface area contributed by atoms with Crippen LogP contribution in [0.4, 0.5) is 4.39 Å². The fourth-order valence-electron chi connectivity index (χ4n) is 1.23. The Balaban J connectivity index is 2.52. The summed E-state index contributed by atoms with van der Waals surface area (Å²) >= 11 is 0. The molecule has 2 heteroatoms. The Morgan fingerprint density at radius 1 is 1.21 bits per heavy atom. The number of ether oxygens (including phenoxy) is 1. The van der Waals surface area contributed by atoms with Gasteiger partial charge >= 0.3 is 0 Å². The number of benzene rings is 1. The van der Waals surface area contributed by atoms with Crippen molar-refractivity contribution in [2.75, 3.05) is 7.11 Å². The molecule has 0 fully saturated rings. The Morgan fingerprint density at radius 3 is 2.21 bits per heavy atom. The van der Waals surface area contributed by atoms with E-state index in [1.807, 2.05) is 24.3 Å². The van der Waals surface area contributed by atoms with E-state index in [1.165, 1.54) is 0 Å². The summed E-state index contributed by atoms with van der Waals surface area (Å²) in [4.78, 5) is 0. The average molecular weight is 196 g/mol. The quantitative estimate of drug-likeness (QED) is 0.717. The fourth-order valence-corrected chi connectivity index (χ4v) is 1.23. The molecule has 0 atom stereocenters. The largest absolute Gasteiger partial charge is 0.497 e. The third-order valence-corrected chi connectivity index (χ3v) is 2.17. The third-order valence-electron chi connectivity index (χ3n) is 2.17. The summed E-state index contributed by atoms with van der Waals surface area (Å²) in [6, 6.07) is 7.76. The molecule has 0 saturated heterocycles. The van der Waals surface area contributed by atoms with E-state index in [1.54, 1.807) is 21.0 Å². The number of halogens is 1. The smallest absolute Gasteiger partial charge is 0.118 e. The molecule has 1 nitrogen and oxygen atoms in total. The van der Waals surface area contributed by atoms with Gasteiger partial charge in [-0.2, -0.15) is 0 Å². The van der Waals surface area contributed by atoms with Crippen LogP contribution in [-0.2, 0) is 6.42 Å². The molecule has 0 unspecified atom stereocenters. The Labute approximate surface area is 84.9 Å². The highest BCUT2D eigenvalue weighted by molar-refractivity contribution is 5.27. The summed E-state index contributed by atoms with van der Waals surface area (Å²) in [6.45, 7) is 3.22. The zero-order valence-electron chi connectivity index (χ0n) is 9.01. The van der Waals surface area contributed by atoms with Crippen LogP contribution in [-0.4, -0.2) is 12.8 Å². The van der Waals surface area contributed by atoms with Gasteiger partial charge in [0, 0.05) is 0 Å². The number of hydrogen-bond acceptors (Lipinski definition) is 1. The summed E-state index contributed by atoms with van der Waals surface area (Å²) in [5.74, 6) is 0.841. The van der Waals surface area contributed by atoms with Crippen molar-refractivity contribution >= 4 is 0 Å². The molecule has 0 bridgehead atoms. The van der Waals surface area contributed by atoms with Gasteiger partial charge in [-0.25, -0.2) is 4.39 Å². The van der Waals surface area contributed by atoms with E-state index in [4.69, 9.17) is 4.74 Å². The maximum Gasteiger partial charge on any atom is 0.118 e. The first-order valence-corrected chi connectivity index (χ1v) is 4.83. The van der Waals surface area contributed by atoms with E-state index in [9.17, 15) is 4.39 Å². The molecule has 1 aromatic carbocycles. The molecular formula is C12H17FO. The van der Waals surface area contributed by atoms with Gasteiger partial charge in [0.05, 0.1) is 7.11 Å². The zero-order chi connectivity index (χ0) is 10.6. The second-order valence-corrected chi connectivity index (χ2v) is 4.07. The van der Waals surface area contributed by atoms with E-state index in [0.717, 1.165) is 17.7 Å². The van der Waals surface area contributed by atoms with Crippen molar-refractivity contribution in [2.24, 2.45) is 0 Å². The monoisotopic (exact) mass is 196 g/mol. The van der Waals surface area contributed by atoms with Crippen molar-refractivity contribution in [3.8, 4) is 5.75 Å². The molecule has 0 aliphatic heterocycles. The van der Waals surface area contributed by atoms with E-state index >= 15 is 0 Å². The van der Waals surface area contributed by atoms with Crippen molar-refractivity contribution in [1.82, 2.24) is 0 Å². The molecule has 0 saturated carbocycles. The molecule has 0 aliphatic carbocycles. The molecule has 78 valence electrons. The van der Waals surface area contributed by atoms with Gasteiger partial charge in [-0.1, -0.05) is 12.1 Å². The lowest BCUT2D eigenvalue weighted by molar-refractivity contribution is 0.202. The Morgan fingerprint density at radius 2 is 1.79 bits per heavy atom. The highest BCUT2D eigenvalue weighted by Crippen LogP contribution is 2.19. The second kappa shape index (κ2) is 4.45. The van der Waals surface area contributed by atoms with Crippen molar-refractivity contribution in [3.63, 3.8) is 0 Å². The van der Waals surface area contributed by atoms with Gasteiger partial charge in [-0.15, -0.1) is 0 Å². The maximum absolute atomic E-state index is 13.2. The van der Waals surface area contributed by atoms with Crippen molar-refractivity contribution in [3.05, 3.63) is 29.8 Å². The SMILES string of the molecule is COc1ccc(CCC(C)(C)F)cc1. The van der Waals surface area contributed by atoms with Crippen LogP contribution in [0.5, 0.6) is 5.75 Å². The third kappa shape index (κ3) is 3.77. The molecule has 0 N–H and O–H groups in total. The van der Waals surface area contributed by atoms with E-state index in [2.05, 4.69) is 0 Å². The summed E-state index contributed by atoms with van der Waals surface area (Å²) in [5.41, 5.74) is 0.0662. The van der Waals surface area contributed by atoms with Gasteiger partial charge in [-0.05, 0) is 44.4 Å². The number of alkyl halides is 1. The maximum atomic E-state index is 13.2. The van der Waals surface area contributed by atoms with Gasteiger partial charge in [-0.3, -0.25) is 0 Å². The highest BCUT2D eigenvalue weighted by Gasteiger charge is 2.14. The first kappa shape index (κ1) is 11.0. The lowest BCUT2D eigenvalue weighted by atomic mass is 10.0. The van der Waals surface area contributed by atoms with Crippen molar-refractivity contribution < 1.29 is 9.13 Å². The van der Waals surface area contributed by atoms with Gasteiger partial charge in [0.2, 0.25) is 0 Å². The van der Waals surface area contributed by atoms with Crippen LogP contribution in [0.1, 0.15) is 25.8 Å². The molecule has 1 rings (SSSR count). The standard InChI is InChI=1S/C12H17FO/c1-12(2,13)9-8-10-4-6-11(14-3)7-5-10/h4-7H,8-9H2,1-3H3. The van der Waals surface area contributed by atoms with Crippen LogP contribution in [0.25, 0.3) is 0 Å². The summed E-state index contributed by atoms with van der Waals surface area (Å²) in [5, 5.41) is 0. The molecule has 0 heterocycles. The number of methoxy groups -OCH3 is 1. The second-order valence-electron chi connectivity index (χ2n) is 4.07. The van der Waals surface area contributed by atoms with Crippen LogP contribution in [0.3, 0.4) is 0 Å². The minimum Gasteiger partial charge on any atom is -0.497 e. The minimum atomic E-state index is -1.08. The normalized spacial score (nSPS) is 11.4. The zero-order valence-corrected chi connectivity index (χ0v) is 9.01. The van der Waals surface area contributed by atoms with E-state index < -0.39 is 5.67 Å². The average Bonchev–Trinajstić information content (AvgIpc) is 2.14. The number of rotatable bonds is 4. The Hall–Kier alpha value is -1.05. The molecule has 14 heavy (non-hydrogen) atoms. The first-order chi connectivity index (χ1) is 6.51. The van der Waals surface area contributed by atoms with Crippen LogP contribution >= 0.6 is 0 Å². The van der Waals surface area contributed by atoms with E-state index in [-0.39, 0.29) is 0 Å². The molecular weight excluding hydrogens is 179 g/mol. The van der Waals surface area contributed by atoms with Crippen LogP contribution in [0.2, 0.25) is 0 Å². The van der Waals surface area contributed by atoms with Crippen LogP contribution in [0.15, 0.2) is 24.3 Å². The fraction of sp³-hybridized carbons (Fsp3) is 0.500. The molecule has 0 aromatic heterocycles. The Kier molecular flexibility index (Phi) is 3.50.